The number of likely N-dealkylation sites (tertiary alicyclic amines) is 1. The van der Waals surface area contributed by atoms with Gasteiger partial charge in [0.25, 0.3) is 0 Å². The molecular weight excluding hydrogens is 484 g/mol. The number of rotatable bonds is 6. The highest BCUT2D eigenvalue weighted by Gasteiger charge is 2.45. The molecule has 0 bridgehead atoms. The smallest absolute Gasteiger partial charge is 0.338 e. The Morgan fingerprint density at radius 1 is 1.14 bits per heavy atom. The van der Waals surface area contributed by atoms with Crippen LogP contribution in [0.25, 0.3) is 0 Å². The molecule has 2 aromatic rings. The zero-order valence-electron chi connectivity index (χ0n) is 20.1. The quantitative estimate of drug-likeness (QED) is 0.456. The van der Waals surface area contributed by atoms with Gasteiger partial charge < -0.3 is 20.3 Å². The van der Waals surface area contributed by atoms with E-state index in [9.17, 15) is 23.2 Å². The molecule has 1 fully saturated rings. The van der Waals surface area contributed by atoms with Gasteiger partial charge in [0.15, 0.2) is 11.6 Å². The van der Waals surface area contributed by atoms with Crippen LogP contribution in [0.5, 0.6) is 0 Å². The van der Waals surface area contributed by atoms with E-state index in [4.69, 9.17) is 4.74 Å². The summed E-state index contributed by atoms with van der Waals surface area (Å²) in [4.78, 5) is 45.9. The predicted molar refractivity (Wildman–Crippen MR) is 128 cm³/mol. The topological polar surface area (TPSA) is 104 Å². The summed E-state index contributed by atoms with van der Waals surface area (Å²) in [6.07, 6.45) is 4.50. The van der Waals surface area contributed by atoms with E-state index < -0.39 is 35.7 Å². The summed E-state index contributed by atoms with van der Waals surface area (Å²) in [7, 11) is 0. The van der Waals surface area contributed by atoms with Crippen LogP contribution in [0.4, 0.5) is 18.4 Å². The molecule has 4 heterocycles. The highest BCUT2D eigenvalue weighted by Crippen LogP contribution is 2.37. The van der Waals surface area contributed by atoms with E-state index in [1.807, 2.05) is 18.3 Å². The molecule has 1 aromatic heterocycles. The molecule has 5 rings (SSSR count). The molecule has 2 N–H and O–H groups in total. The Morgan fingerprint density at radius 2 is 1.95 bits per heavy atom. The minimum Gasteiger partial charge on any atom is -0.456 e. The van der Waals surface area contributed by atoms with Crippen molar-refractivity contribution in [2.45, 2.75) is 31.2 Å². The number of ether oxygens (including phenoxy) is 1. The maximum Gasteiger partial charge on any atom is 0.338 e. The zero-order chi connectivity index (χ0) is 25.9. The molecule has 0 radical (unpaired) electrons. The first-order valence-corrected chi connectivity index (χ1v) is 12.3. The van der Waals surface area contributed by atoms with E-state index >= 15 is 0 Å². The van der Waals surface area contributed by atoms with Gasteiger partial charge in [-0.15, -0.1) is 0 Å². The fourth-order valence-corrected chi connectivity index (χ4v) is 5.09. The third-order valence-corrected chi connectivity index (χ3v) is 7.00. The van der Waals surface area contributed by atoms with E-state index in [0.717, 1.165) is 55.2 Å². The molecule has 4 amide bonds. The van der Waals surface area contributed by atoms with E-state index in [-0.39, 0.29) is 23.4 Å². The summed E-state index contributed by atoms with van der Waals surface area (Å²) in [5, 5.41) is 5.23. The molecular formula is C26H27F2N5O4. The van der Waals surface area contributed by atoms with Crippen LogP contribution < -0.4 is 10.6 Å². The average molecular weight is 512 g/mol. The average Bonchev–Trinajstić information content (AvgIpc) is 3.28. The molecule has 0 aliphatic carbocycles. The Balaban J connectivity index is 1.19. The number of imide groups is 1. The van der Waals surface area contributed by atoms with Crippen molar-refractivity contribution in [2.24, 2.45) is 0 Å². The summed E-state index contributed by atoms with van der Waals surface area (Å²) < 4.78 is 32.6. The van der Waals surface area contributed by atoms with Gasteiger partial charge in [0, 0.05) is 24.4 Å². The number of aromatic nitrogens is 1. The minimum absolute atomic E-state index is 0.0246. The lowest BCUT2D eigenvalue weighted by atomic mass is 9.93. The van der Waals surface area contributed by atoms with Gasteiger partial charge in [0.2, 0.25) is 0 Å². The van der Waals surface area contributed by atoms with Crippen molar-refractivity contribution in [3.8, 4) is 0 Å². The standard InChI is InChI=1S/C26H27F2N5O4/c27-18-6-5-17(14-19(18)28)23-22-21(15-37-24(22)34)31-26(36)33(23)25(35)30-10-3-11-32-12-7-16(8-13-32)20-4-1-2-9-29-20/h1-2,4-6,9,14,16,23H,3,7-8,10-13,15H2,(H,30,35)(H,31,36). The van der Waals surface area contributed by atoms with Gasteiger partial charge in [0.05, 0.1) is 11.3 Å². The first-order chi connectivity index (χ1) is 17.9. The molecule has 3 aliphatic rings. The van der Waals surface area contributed by atoms with Crippen LogP contribution in [-0.2, 0) is 9.53 Å². The van der Waals surface area contributed by atoms with Gasteiger partial charge in [-0.25, -0.2) is 28.1 Å². The van der Waals surface area contributed by atoms with E-state index in [1.54, 1.807) is 0 Å². The van der Waals surface area contributed by atoms with Crippen molar-refractivity contribution >= 4 is 18.0 Å². The van der Waals surface area contributed by atoms with Gasteiger partial charge in [-0.3, -0.25) is 4.98 Å². The maximum absolute atomic E-state index is 14.0. The van der Waals surface area contributed by atoms with Crippen LogP contribution in [0.3, 0.4) is 0 Å². The van der Waals surface area contributed by atoms with Crippen molar-refractivity contribution in [3.63, 3.8) is 0 Å². The van der Waals surface area contributed by atoms with E-state index in [2.05, 4.69) is 26.6 Å². The number of amides is 4. The second kappa shape index (κ2) is 10.6. The summed E-state index contributed by atoms with van der Waals surface area (Å²) in [5.74, 6) is -2.50. The molecule has 9 nitrogen and oxygen atoms in total. The summed E-state index contributed by atoms with van der Waals surface area (Å²) in [5.41, 5.74) is 1.44. The molecule has 0 saturated carbocycles. The molecule has 11 heteroatoms. The van der Waals surface area contributed by atoms with Crippen molar-refractivity contribution in [2.75, 3.05) is 32.8 Å². The van der Waals surface area contributed by atoms with Crippen molar-refractivity contribution < 1.29 is 27.9 Å². The number of nitrogens with one attached hydrogen (secondary N) is 2. The van der Waals surface area contributed by atoms with Crippen molar-refractivity contribution in [1.29, 1.82) is 0 Å². The second-order valence-electron chi connectivity index (χ2n) is 9.30. The Labute approximate surface area is 212 Å². The Bertz CT molecular complexity index is 1230. The number of nitrogens with zero attached hydrogens (tertiary/aromatic N) is 3. The lowest BCUT2D eigenvalue weighted by Gasteiger charge is -2.34. The second-order valence-corrected chi connectivity index (χ2v) is 9.30. The number of carbonyl (C=O) groups excluding carboxylic acids is 3. The van der Waals surface area contributed by atoms with Gasteiger partial charge in [0.1, 0.15) is 12.6 Å². The monoisotopic (exact) mass is 511 g/mol. The zero-order valence-corrected chi connectivity index (χ0v) is 20.1. The highest BCUT2D eigenvalue weighted by atomic mass is 19.2. The van der Waals surface area contributed by atoms with Gasteiger partial charge in [-0.1, -0.05) is 12.1 Å². The summed E-state index contributed by atoms with van der Waals surface area (Å²) in [6, 6.07) is 6.23. The predicted octanol–water partition coefficient (Wildman–Crippen LogP) is 3.22. The molecule has 37 heavy (non-hydrogen) atoms. The normalized spacial score (nSPS) is 20.5. The summed E-state index contributed by atoms with van der Waals surface area (Å²) >= 11 is 0. The number of carbonyl (C=O) groups is 3. The minimum atomic E-state index is -1.24. The largest absolute Gasteiger partial charge is 0.456 e. The molecule has 0 spiro atoms. The molecule has 3 aliphatic heterocycles. The number of hydrogen-bond donors (Lipinski definition) is 2. The van der Waals surface area contributed by atoms with Crippen LogP contribution in [0.15, 0.2) is 53.9 Å². The first-order valence-electron chi connectivity index (χ1n) is 12.3. The number of halogens is 2. The third-order valence-electron chi connectivity index (χ3n) is 7.00. The van der Waals surface area contributed by atoms with Crippen molar-refractivity contribution in [3.05, 3.63) is 76.8 Å². The number of hydrogen-bond acceptors (Lipinski definition) is 6. The Hall–Kier alpha value is -3.86. The van der Waals surface area contributed by atoms with Crippen LogP contribution >= 0.6 is 0 Å². The molecule has 1 aromatic carbocycles. The molecule has 1 unspecified atom stereocenters. The molecule has 1 saturated heterocycles. The van der Waals surface area contributed by atoms with Crippen molar-refractivity contribution in [1.82, 2.24) is 25.4 Å². The lowest BCUT2D eigenvalue weighted by Crippen LogP contribution is -2.54. The lowest BCUT2D eigenvalue weighted by molar-refractivity contribution is -0.136. The van der Waals surface area contributed by atoms with Crippen LogP contribution in [0, 0.1) is 11.6 Å². The maximum atomic E-state index is 14.0. The van der Waals surface area contributed by atoms with E-state index in [1.165, 1.54) is 6.07 Å². The number of piperidine rings is 1. The molecule has 194 valence electrons. The van der Waals surface area contributed by atoms with Crippen LogP contribution in [0.2, 0.25) is 0 Å². The first kappa shape index (κ1) is 24.8. The number of benzene rings is 1. The van der Waals surface area contributed by atoms with Gasteiger partial charge >= 0.3 is 18.0 Å². The number of esters is 1. The fraction of sp³-hybridized carbons (Fsp3) is 0.385. The highest BCUT2D eigenvalue weighted by molar-refractivity contribution is 6.03. The van der Waals surface area contributed by atoms with Gasteiger partial charge in [-0.2, -0.15) is 0 Å². The fourth-order valence-electron chi connectivity index (χ4n) is 5.09. The Kier molecular flexibility index (Phi) is 7.13. The Morgan fingerprint density at radius 3 is 2.68 bits per heavy atom. The van der Waals surface area contributed by atoms with Gasteiger partial charge in [-0.05, 0) is 68.7 Å². The number of cyclic esters (lactones) is 1. The number of urea groups is 2. The van der Waals surface area contributed by atoms with E-state index in [0.29, 0.717) is 18.9 Å². The number of pyridine rings is 1. The van der Waals surface area contributed by atoms with Crippen LogP contribution in [0.1, 0.15) is 42.5 Å². The van der Waals surface area contributed by atoms with Crippen LogP contribution in [-0.4, -0.2) is 65.6 Å². The molecule has 1 atom stereocenters. The SMILES string of the molecule is O=C1OCC2=C1C(c1ccc(F)c(F)c1)N(C(=O)NCCCN1CCC(c3ccccn3)CC1)C(=O)N2. The third kappa shape index (κ3) is 5.17. The summed E-state index contributed by atoms with van der Waals surface area (Å²) in [6.45, 7) is 2.77.